The standard InChI is InChI=1S/C13H7Cl2N3O5/c14-9-6-12(18(22)23)10(15)5-11(9)16-13(19)7-1-3-8(4-2-7)17(20)21/h1-6H,(H,16,19). The van der Waals surface area contributed by atoms with Crippen LogP contribution in [0.3, 0.4) is 0 Å². The van der Waals surface area contributed by atoms with Crippen LogP contribution in [-0.2, 0) is 0 Å². The number of anilines is 1. The summed E-state index contributed by atoms with van der Waals surface area (Å²) in [7, 11) is 0. The molecular formula is C13H7Cl2N3O5. The Labute approximate surface area is 138 Å². The number of non-ortho nitro benzene ring substituents is 1. The molecule has 0 radical (unpaired) electrons. The maximum absolute atomic E-state index is 12.1. The van der Waals surface area contributed by atoms with Gasteiger partial charge >= 0.3 is 0 Å². The maximum atomic E-state index is 12.1. The number of carbonyl (C=O) groups is 1. The number of nitro benzene ring substituents is 2. The number of amides is 1. The summed E-state index contributed by atoms with van der Waals surface area (Å²) in [5, 5.41) is 23.5. The molecule has 0 atom stereocenters. The van der Waals surface area contributed by atoms with E-state index in [0.29, 0.717) is 0 Å². The highest BCUT2D eigenvalue weighted by atomic mass is 35.5. The molecule has 2 aromatic rings. The second-order valence-corrected chi connectivity index (χ2v) is 5.11. The molecule has 0 unspecified atom stereocenters. The van der Waals surface area contributed by atoms with Crippen molar-refractivity contribution in [3.63, 3.8) is 0 Å². The summed E-state index contributed by atoms with van der Waals surface area (Å²) in [6, 6.07) is 7.09. The third-order valence-electron chi connectivity index (χ3n) is 2.82. The fourth-order valence-corrected chi connectivity index (χ4v) is 2.14. The van der Waals surface area contributed by atoms with Crippen molar-refractivity contribution in [2.24, 2.45) is 0 Å². The highest BCUT2D eigenvalue weighted by Crippen LogP contribution is 2.34. The topological polar surface area (TPSA) is 115 Å². The predicted octanol–water partition coefficient (Wildman–Crippen LogP) is 4.06. The normalized spacial score (nSPS) is 10.2. The third kappa shape index (κ3) is 3.74. The molecule has 8 nitrogen and oxygen atoms in total. The molecule has 0 fully saturated rings. The fraction of sp³-hybridized carbons (Fsp3) is 0. The molecule has 10 heteroatoms. The molecule has 0 aliphatic carbocycles. The zero-order valence-electron chi connectivity index (χ0n) is 11.2. The Morgan fingerprint density at radius 2 is 1.57 bits per heavy atom. The van der Waals surface area contributed by atoms with Crippen LogP contribution in [0.5, 0.6) is 0 Å². The van der Waals surface area contributed by atoms with Gasteiger partial charge in [0.1, 0.15) is 5.02 Å². The van der Waals surface area contributed by atoms with E-state index < -0.39 is 15.8 Å². The van der Waals surface area contributed by atoms with Crippen LogP contribution in [0, 0.1) is 20.2 Å². The lowest BCUT2D eigenvalue weighted by atomic mass is 10.2. The Hall–Kier alpha value is -2.71. The Morgan fingerprint density at radius 3 is 2.09 bits per heavy atom. The van der Waals surface area contributed by atoms with Crippen LogP contribution >= 0.6 is 23.2 Å². The largest absolute Gasteiger partial charge is 0.321 e. The molecule has 0 heterocycles. The molecule has 0 aliphatic heterocycles. The predicted molar refractivity (Wildman–Crippen MR) is 84.2 cm³/mol. The molecule has 2 aromatic carbocycles. The number of nitrogens with zero attached hydrogens (tertiary/aromatic N) is 2. The first-order valence-electron chi connectivity index (χ1n) is 5.99. The summed E-state index contributed by atoms with van der Waals surface area (Å²) in [6.45, 7) is 0. The van der Waals surface area contributed by atoms with Crippen LogP contribution in [-0.4, -0.2) is 15.8 Å². The van der Waals surface area contributed by atoms with E-state index in [9.17, 15) is 25.0 Å². The Bertz CT molecular complexity index is 808. The number of nitro groups is 2. The summed E-state index contributed by atoms with van der Waals surface area (Å²) < 4.78 is 0. The summed E-state index contributed by atoms with van der Waals surface area (Å²) in [4.78, 5) is 32.1. The molecule has 0 spiro atoms. The average Bonchev–Trinajstić information content (AvgIpc) is 2.50. The van der Waals surface area contributed by atoms with E-state index in [1.807, 2.05) is 0 Å². The fourth-order valence-electron chi connectivity index (χ4n) is 1.70. The summed E-state index contributed by atoms with van der Waals surface area (Å²) in [5.41, 5.74) is -0.297. The van der Waals surface area contributed by atoms with Crippen molar-refractivity contribution in [3.8, 4) is 0 Å². The van der Waals surface area contributed by atoms with Gasteiger partial charge in [0.15, 0.2) is 0 Å². The van der Waals surface area contributed by atoms with Crippen LogP contribution in [0.2, 0.25) is 10.0 Å². The number of carbonyl (C=O) groups excluding carboxylic acids is 1. The quantitative estimate of drug-likeness (QED) is 0.655. The van der Waals surface area contributed by atoms with E-state index in [-0.39, 0.29) is 32.7 Å². The second kappa shape index (κ2) is 6.59. The van der Waals surface area contributed by atoms with Gasteiger partial charge in [0.05, 0.1) is 20.6 Å². The van der Waals surface area contributed by atoms with Crippen LogP contribution in [0.4, 0.5) is 17.1 Å². The molecule has 0 aromatic heterocycles. The van der Waals surface area contributed by atoms with Crippen molar-refractivity contribution in [1.29, 1.82) is 0 Å². The SMILES string of the molecule is O=C(Nc1cc(Cl)c([N+](=O)[O-])cc1Cl)c1ccc([N+](=O)[O-])cc1. The van der Waals surface area contributed by atoms with Crippen molar-refractivity contribution in [2.75, 3.05) is 5.32 Å². The first kappa shape index (κ1) is 16.7. The lowest BCUT2D eigenvalue weighted by Crippen LogP contribution is -2.12. The second-order valence-electron chi connectivity index (χ2n) is 4.30. The monoisotopic (exact) mass is 355 g/mol. The van der Waals surface area contributed by atoms with Gasteiger partial charge < -0.3 is 5.32 Å². The summed E-state index contributed by atoms with van der Waals surface area (Å²) in [6.07, 6.45) is 0. The van der Waals surface area contributed by atoms with Gasteiger partial charge in [0.25, 0.3) is 17.3 Å². The van der Waals surface area contributed by atoms with E-state index >= 15 is 0 Å². The number of hydrogen-bond acceptors (Lipinski definition) is 5. The highest BCUT2D eigenvalue weighted by molar-refractivity contribution is 6.37. The van der Waals surface area contributed by atoms with Crippen LogP contribution in [0.1, 0.15) is 10.4 Å². The third-order valence-corrected chi connectivity index (χ3v) is 3.44. The van der Waals surface area contributed by atoms with Crippen molar-refractivity contribution in [1.82, 2.24) is 0 Å². The number of rotatable bonds is 4. The van der Waals surface area contributed by atoms with Gasteiger partial charge in [0, 0.05) is 23.8 Å². The van der Waals surface area contributed by atoms with E-state index in [1.165, 1.54) is 24.3 Å². The minimum absolute atomic E-state index is 0.0589. The minimum Gasteiger partial charge on any atom is -0.321 e. The average molecular weight is 356 g/mol. The van der Waals surface area contributed by atoms with Crippen molar-refractivity contribution in [2.45, 2.75) is 0 Å². The van der Waals surface area contributed by atoms with Crippen LogP contribution in [0.25, 0.3) is 0 Å². The Morgan fingerprint density at radius 1 is 0.957 bits per heavy atom. The van der Waals surface area contributed by atoms with Crippen molar-refractivity contribution < 1.29 is 14.6 Å². The molecule has 23 heavy (non-hydrogen) atoms. The number of benzene rings is 2. The number of hydrogen-bond donors (Lipinski definition) is 1. The van der Waals surface area contributed by atoms with Gasteiger partial charge in [-0.1, -0.05) is 23.2 Å². The summed E-state index contributed by atoms with van der Waals surface area (Å²) in [5.74, 6) is -0.591. The molecular weight excluding hydrogens is 349 g/mol. The van der Waals surface area contributed by atoms with E-state index in [1.54, 1.807) is 0 Å². The molecule has 0 saturated heterocycles. The smallest absolute Gasteiger partial charge is 0.289 e. The lowest BCUT2D eigenvalue weighted by Gasteiger charge is -2.08. The van der Waals surface area contributed by atoms with Gasteiger partial charge in [-0.05, 0) is 18.2 Å². The first-order valence-corrected chi connectivity index (χ1v) is 6.74. The maximum Gasteiger partial charge on any atom is 0.289 e. The van der Waals surface area contributed by atoms with Crippen molar-refractivity contribution >= 4 is 46.2 Å². The summed E-state index contributed by atoms with van der Waals surface area (Å²) >= 11 is 11.6. The van der Waals surface area contributed by atoms with Gasteiger partial charge in [-0.3, -0.25) is 25.0 Å². The zero-order valence-corrected chi connectivity index (χ0v) is 12.7. The van der Waals surface area contributed by atoms with E-state index in [2.05, 4.69) is 5.32 Å². The van der Waals surface area contributed by atoms with Crippen LogP contribution in [0.15, 0.2) is 36.4 Å². The van der Waals surface area contributed by atoms with E-state index in [0.717, 1.165) is 12.1 Å². The van der Waals surface area contributed by atoms with Crippen LogP contribution < -0.4 is 5.32 Å². The molecule has 1 N–H and O–H groups in total. The molecule has 118 valence electrons. The first-order chi connectivity index (χ1) is 10.8. The van der Waals surface area contributed by atoms with Gasteiger partial charge in [-0.15, -0.1) is 0 Å². The minimum atomic E-state index is -0.698. The van der Waals surface area contributed by atoms with E-state index in [4.69, 9.17) is 23.2 Å². The van der Waals surface area contributed by atoms with Crippen molar-refractivity contribution in [3.05, 3.63) is 72.2 Å². The number of halogens is 2. The number of nitrogens with one attached hydrogen (secondary N) is 1. The van der Waals surface area contributed by atoms with Gasteiger partial charge in [0.2, 0.25) is 0 Å². The molecule has 1 amide bonds. The Kier molecular flexibility index (Phi) is 4.77. The highest BCUT2D eigenvalue weighted by Gasteiger charge is 2.18. The molecule has 0 saturated carbocycles. The lowest BCUT2D eigenvalue weighted by molar-refractivity contribution is -0.385. The molecule has 0 aliphatic rings. The zero-order chi connectivity index (χ0) is 17.1. The Balaban J connectivity index is 2.25. The van der Waals surface area contributed by atoms with Gasteiger partial charge in [-0.2, -0.15) is 0 Å². The molecule has 2 rings (SSSR count). The molecule has 0 bridgehead atoms. The van der Waals surface area contributed by atoms with Gasteiger partial charge in [-0.25, -0.2) is 0 Å².